The van der Waals surface area contributed by atoms with Crippen LogP contribution >= 0.6 is 11.6 Å². The molecule has 0 radical (unpaired) electrons. The zero-order valence-corrected chi connectivity index (χ0v) is 15.9. The molecule has 1 aromatic carbocycles. The summed E-state index contributed by atoms with van der Waals surface area (Å²) in [6.45, 7) is 7.35. The predicted octanol–water partition coefficient (Wildman–Crippen LogP) is 5.11. The standard InChI is InChI=1S/C21H14ClFN6/c1-24-18-10-25-17-5-4-16(27-29(17)18)20-19(13-2-3-15(23)14(22)6-13)26-11-28(20)21-7-12(8-21)9-21/h2-6,10-12H,7-9H2. The maximum absolute atomic E-state index is 13.7. The lowest BCUT2D eigenvalue weighted by Crippen LogP contribution is -2.59. The molecule has 0 aliphatic heterocycles. The number of hydrogen-bond acceptors (Lipinski definition) is 3. The summed E-state index contributed by atoms with van der Waals surface area (Å²) < 4.78 is 17.5. The van der Waals surface area contributed by atoms with Crippen molar-refractivity contribution < 1.29 is 4.39 Å². The Morgan fingerprint density at radius 3 is 2.69 bits per heavy atom. The van der Waals surface area contributed by atoms with Crippen LogP contribution in [-0.4, -0.2) is 24.1 Å². The van der Waals surface area contributed by atoms with E-state index in [4.69, 9.17) is 23.3 Å². The van der Waals surface area contributed by atoms with Gasteiger partial charge in [-0.3, -0.25) is 0 Å². The van der Waals surface area contributed by atoms with Gasteiger partial charge in [0.1, 0.15) is 11.5 Å². The third kappa shape index (κ3) is 2.23. The summed E-state index contributed by atoms with van der Waals surface area (Å²) in [7, 11) is 0. The van der Waals surface area contributed by atoms with Crippen molar-refractivity contribution in [2.45, 2.75) is 24.8 Å². The van der Waals surface area contributed by atoms with Crippen molar-refractivity contribution in [2.24, 2.45) is 5.92 Å². The summed E-state index contributed by atoms with van der Waals surface area (Å²) in [5, 5.41) is 4.75. The van der Waals surface area contributed by atoms with Gasteiger partial charge < -0.3 is 9.41 Å². The second kappa shape index (κ2) is 5.65. The smallest absolute Gasteiger partial charge is 0.275 e. The van der Waals surface area contributed by atoms with Crippen LogP contribution in [0.2, 0.25) is 5.02 Å². The van der Waals surface area contributed by atoms with Gasteiger partial charge in [0.05, 0.1) is 28.9 Å². The summed E-state index contributed by atoms with van der Waals surface area (Å²) in [6.07, 6.45) is 6.78. The fourth-order valence-corrected chi connectivity index (χ4v) is 4.78. The molecule has 0 atom stereocenters. The molecule has 2 bridgehead atoms. The highest BCUT2D eigenvalue weighted by Crippen LogP contribution is 2.63. The maximum Gasteiger partial charge on any atom is 0.275 e. The Labute approximate surface area is 170 Å². The van der Waals surface area contributed by atoms with Gasteiger partial charge in [0.2, 0.25) is 5.65 Å². The Hall–Kier alpha value is -3.24. The van der Waals surface area contributed by atoms with Crippen molar-refractivity contribution in [3.8, 4) is 22.6 Å². The van der Waals surface area contributed by atoms with Gasteiger partial charge in [0.15, 0.2) is 0 Å². The third-order valence-corrected chi connectivity index (χ3v) is 6.47. The minimum Gasteiger partial charge on any atom is -0.360 e. The monoisotopic (exact) mass is 404 g/mol. The minimum atomic E-state index is -0.463. The number of nitrogens with zero attached hydrogens (tertiary/aromatic N) is 6. The SMILES string of the molecule is [C-]#[N+]c1cnc2ccc(-c3c(-c4ccc(F)c(Cl)c4)ncn3C34CC(C3)C4)nn12. The van der Waals surface area contributed by atoms with Crippen molar-refractivity contribution in [1.82, 2.24) is 24.1 Å². The molecular weight excluding hydrogens is 391 g/mol. The van der Waals surface area contributed by atoms with E-state index in [1.54, 1.807) is 16.6 Å². The van der Waals surface area contributed by atoms with Gasteiger partial charge in [0, 0.05) is 17.2 Å². The molecule has 4 aromatic rings. The van der Waals surface area contributed by atoms with Crippen molar-refractivity contribution in [3.63, 3.8) is 0 Å². The lowest BCUT2D eigenvalue weighted by atomic mass is 9.49. The van der Waals surface area contributed by atoms with Crippen LogP contribution in [0.3, 0.4) is 0 Å². The quantitative estimate of drug-likeness (QED) is 0.446. The first-order valence-electron chi connectivity index (χ1n) is 9.34. The van der Waals surface area contributed by atoms with E-state index in [0.29, 0.717) is 22.9 Å². The van der Waals surface area contributed by atoms with Crippen LogP contribution in [-0.2, 0) is 5.54 Å². The van der Waals surface area contributed by atoms with E-state index in [9.17, 15) is 4.39 Å². The number of aromatic nitrogens is 5. The summed E-state index contributed by atoms with van der Waals surface area (Å²) in [4.78, 5) is 12.4. The Bertz CT molecular complexity index is 1330. The van der Waals surface area contributed by atoms with Gasteiger partial charge in [-0.25, -0.2) is 14.4 Å². The first-order valence-corrected chi connectivity index (χ1v) is 9.72. The topological polar surface area (TPSA) is 52.4 Å². The summed E-state index contributed by atoms with van der Waals surface area (Å²) >= 11 is 6.04. The van der Waals surface area contributed by atoms with Gasteiger partial charge >= 0.3 is 0 Å². The summed E-state index contributed by atoms with van der Waals surface area (Å²) in [6, 6.07) is 8.36. The highest BCUT2D eigenvalue weighted by atomic mass is 35.5. The van der Waals surface area contributed by atoms with Crippen LogP contribution in [0.1, 0.15) is 19.3 Å². The molecular formula is C21H14ClFN6. The number of fused-ring (bicyclic) bond motifs is 1. The maximum atomic E-state index is 13.7. The third-order valence-electron chi connectivity index (χ3n) is 6.18. The lowest BCUT2D eigenvalue weighted by molar-refractivity contribution is -0.0877. The molecule has 8 heteroatoms. The van der Waals surface area contributed by atoms with Gasteiger partial charge in [-0.2, -0.15) is 0 Å². The molecule has 29 heavy (non-hydrogen) atoms. The van der Waals surface area contributed by atoms with Crippen LogP contribution in [0.15, 0.2) is 42.9 Å². The molecule has 3 aliphatic carbocycles. The second-order valence-corrected chi connectivity index (χ2v) is 8.27. The highest BCUT2D eigenvalue weighted by molar-refractivity contribution is 6.31. The highest BCUT2D eigenvalue weighted by Gasteiger charge is 2.58. The van der Waals surface area contributed by atoms with E-state index < -0.39 is 5.82 Å². The molecule has 3 fully saturated rings. The van der Waals surface area contributed by atoms with Crippen LogP contribution in [0.25, 0.3) is 33.1 Å². The molecule has 6 nitrogen and oxygen atoms in total. The number of hydrogen-bond donors (Lipinski definition) is 0. The number of imidazole rings is 2. The largest absolute Gasteiger partial charge is 0.360 e. The molecule has 0 amide bonds. The Morgan fingerprint density at radius 1 is 1.17 bits per heavy atom. The summed E-state index contributed by atoms with van der Waals surface area (Å²) in [5.41, 5.74) is 3.68. The van der Waals surface area contributed by atoms with Gasteiger partial charge in [-0.05, 0) is 49.4 Å². The van der Waals surface area contributed by atoms with Crippen LogP contribution < -0.4 is 0 Å². The molecule has 0 saturated heterocycles. The average Bonchev–Trinajstić information content (AvgIpc) is 3.25. The van der Waals surface area contributed by atoms with E-state index in [0.717, 1.165) is 36.4 Å². The Balaban J connectivity index is 1.59. The van der Waals surface area contributed by atoms with Crippen LogP contribution in [0.4, 0.5) is 10.2 Å². The van der Waals surface area contributed by atoms with Gasteiger partial charge in [-0.15, -0.1) is 4.52 Å². The average molecular weight is 405 g/mol. The first-order chi connectivity index (χ1) is 14.1. The zero-order valence-electron chi connectivity index (χ0n) is 15.2. The molecule has 0 N–H and O–H groups in total. The van der Waals surface area contributed by atoms with Crippen LogP contribution in [0, 0.1) is 18.3 Å². The lowest BCUT2D eigenvalue weighted by Gasteiger charge is -2.62. The number of halogens is 2. The summed E-state index contributed by atoms with van der Waals surface area (Å²) in [5.74, 6) is 0.687. The Kier molecular flexibility index (Phi) is 3.25. The molecule has 3 saturated carbocycles. The van der Waals surface area contributed by atoms with E-state index in [1.807, 2.05) is 18.5 Å². The second-order valence-electron chi connectivity index (χ2n) is 7.86. The normalized spacial score (nSPS) is 22.2. The van der Waals surface area contributed by atoms with E-state index >= 15 is 0 Å². The predicted molar refractivity (Wildman–Crippen MR) is 106 cm³/mol. The van der Waals surface area contributed by atoms with Gasteiger partial charge in [0.25, 0.3) is 5.82 Å². The zero-order chi connectivity index (χ0) is 19.8. The number of rotatable bonds is 3. The molecule has 7 rings (SSSR count). The molecule has 3 aliphatic rings. The van der Waals surface area contributed by atoms with E-state index in [2.05, 4.69) is 19.4 Å². The Morgan fingerprint density at radius 2 is 2.00 bits per heavy atom. The minimum absolute atomic E-state index is 0.0572. The van der Waals surface area contributed by atoms with Crippen molar-refractivity contribution in [3.05, 3.63) is 65.1 Å². The molecule has 0 spiro atoms. The molecule has 3 heterocycles. The van der Waals surface area contributed by atoms with Gasteiger partial charge in [-0.1, -0.05) is 23.3 Å². The molecule has 0 unspecified atom stereocenters. The van der Waals surface area contributed by atoms with Crippen molar-refractivity contribution in [2.75, 3.05) is 0 Å². The number of benzene rings is 1. The van der Waals surface area contributed by atoms with E-state index in [1.165, 1.54) is 12.3 Å². The van der Waals surface area contributed by atoms with Crippen LogP contribution in [0.5, 0.6) is 0 Å². The fourth-order valence-electron chi connectivity index (χ4n) is 4.60. The van der Waals surface area contributed by atoms with Crippen molar-refractivity contribution >= 4 is 23.1 Å². The molecule has 142 valence electrons. The molecule has 3 aromatic heterocycles. The van der Waals surface area contributed by atoms with Crippen molar-refractivity contribution in [1.29, 1.82) is 0 Å². The first kappa shape index (κ1) is 16.7. The fraction of sp³-hybridized carbons (Fsp3) is 0.238. The van der Waals surface area contributed by atoms with E-state index in [-0.39, 0.29) is 10.6 Å².